The third kappa shape index (κ3) is 4.08. The number of carbonyl (C=O) groups excluding carboxylic acids is 1. The molecule has 0 saturated heterocycles. The number of rotatable bonds is 6. The highest BCUT2D eigenvalue weighted by atomic mass is 19.1. The van der Waals surface area contributed by atoms with Crippen molar-refractivity contribution in [3.8, 4) is 28.3 Å². The van der Waals surface area contributed by atoms with Crippen LogP contribution in [0.1, 0.15) is 34.7 Å². The molecule has 0 radical (unpaired) electrons. The van der Waals surface area contributed by atoms with E-state index in [0.717, 1.165) is 24.1 Å². The van der Waals surface area contributed by atoms with Gasteiger partial charge in [0.15, 0.2) is 0 Å². The van der Waals surface area contributed by atoms with E-state index in [9.17, 15) is 23.6 Å². The molecule has 1 amide bonds. The van der Waals surface area contributed by atoms with Crippen molar-refractivity contribution in [3.05, 3.63) is 89.6 Å². The molecule has 5 aromatic rings. The van der Waals surface area contributed by atoms with Gasteiger partial charge < -0.3 is 19.8 Å². The van der Waals surface area contributed by atoms with Gasteiger partial charge in [-0.15, -0.1) is 0 Å². The molecule has 1 aliphatic carbocycles. The van der Waals surface area contributed by atoms with Crippen LogP contribution in [-0.2, 0) is 0 Å². The maximum Gasteiger partial charge on any atom is 0.491 e. The van der Waals surface area contributed by atoms with Crippen LogP contribution < -0.4 is 10.8 Å². The van der Waals surface area contributed by atoms with Gasteiger partial charge in [0.25, 0.3) is 5.91 Å². The summed E-state index contributed by atoms with van der Waals surface area (Å²) in [7, 11) is -0.372. The third-order valence-corrected chi connectivity index (χ3v) is 6.86. The van der Waals surface area contributed by atoms with Crippen molar-refractivity contribution in [1.29, 1.82) is 0 Å². The topological polar surface area (TPSA) is 101 Å². The number of nitrogens with zero attached hydrogens (tertiary/aromatic N) is 2. The van der Waals surface area contributed by atoms with Crippen LogP contribution >= 0.6 is 0 Å². The summed E-state index contributed by atoms with van der Waals surface area (Å²) in [4.78, 5) is 13.0. The zero-order valence-electron chi connectivity index (χ0n) is 20.3. The lowest BCUT2D eigenvalue weighted by Gasteiger charge is -2.14. The third-order valence-electron chi connectivity index (χ3n) is 6.86. The first-order valence-corrected chi connectivity index (χ1v) is 12.1. The summed E-state index contributed by atoms with van der Waals surface area (Å²) in [5.74, 6) is -0.864. The van der Waals surface area contributed by atoms with Crippen molar-refractivity contribution in [2.24, 2.45) is 0 Å². The van der Waals surface area contributed by atoms with Gasteiger partial charge in [0, 0.05) is 35.1 Å². The molecule has 190 valence electrons. The lowest BCUT2D eigenvalue weighted by atomic mass is 9.79. The van der Waals surface area contributed by atoms with Gasteiger partial charge in [0.05, 0.1) is 23.1 Å². The van der Waals surface area contributed by atoms with Crippen molar-refractivity contribution in [2.75, 3.05) is 7.05 Å². The molecule has 3 N–H and O–H groups in total. The molecule has 0 aliphatic heterocycles. The van der Waals surface area contributed by atoms with E-state index in [0.29, 0.717) is 39.1 Å². The molecule has 1 aliphatic rings. The average Bonchev–Trinajstić information content (AvgIpc) is 3.51. The van der Waals surface area contributed by atoms with Gasteiger partial charge in [-0.05, 0) is 66.8 Å². The first-order chi connectivity index (χ1) is 18.4. The predicted octanol–water partition coefficient (Wildman–Crippen LogP) is 4.15. The van der Waals surface area contributed by atoms with E-state index in [1.165, 1.54) is 24.3 Å². The van der Waals surface area contributed by atoms with Crippen molar-refractivity contribution >= 4 is 29.5 Å². The van der Waals surface area contributed by atoms with E-state index in [2.05, 4.69) is 10.4 Å². The quantitative estimate of drug-likeness (QED) is 0.297. The maximum atomic E-state index is 14.6. The SMILES string of the molecule is CNC(=O)c1c(-c2ccc(F)cc2)oc2cc(-n3nccc3-c3ccc(B(O)O)c(F)c3)c(C3CC3)cc12. The second kappa shape index (κ2) is 9.23. The van der Waals surface area contributed by atoms with E-state index in [1.54, 1.807) is 42.2 Å². The summed E-state index contributed by atoms with van der Waals surface area (Å²) >= 11 is 0. The highest BCUT2D eigenvalue weighted by Crippen LogP contribution is 2.46. The van der Waals surface area contributed by atoms with Crippen LogP contribution in [0.3, 0.4) is 0 Å². The second-order valence-corrected chi connectivity index (χ2v) is 9.31. The summed E-state index contributed by atoms with van der Waals surface area (Å²) in [6.45, 7) is 0. The molecule has 0 spiro atoms. The summed E-state index contributed by atoms with van der Waals surface area (Å²) < 4.78 is 36.1. The number of hydrogen-bond acceptors (Lipinski definition) is 5. The zero-order valence-corrected chi connectivity index (χ0v) is 20.3. The Morgan fingerprint density at radius 1 is 1.05 bits per heavy atom. The van der Waals surface area contributed by atoms with Crippen LogP contribution in [0.15, 0.2) is 71.3 Å². The lowest BCUT2D eigenvalue weighted by molar-refractivity contribution is 0.0964. The summed E-state index contributed by atoms with van der Waals surface area (Å²) in [5, 5.41) is 26.6. The van der Waals surface area contributed by atoms with Gasteiger partial charge in [-0.1, -0.05) is 12.1 Å². The maximum absolute atomic E-state index is 14.6. The number of fused-ring (bicyclic) bond motifs is 1. The van der Waals surface area contributed by atoms with Gasteiger partial charge in [-0.25, -0.2) is 13.5 Å². The summed E-state index contributed by atoms with van der Waals surface area (Å²) in [5.41, 5.74) is 3.97. The van der Waals surface area contributed by atoms with Gasteiger partial charge in [-0.2, -0.15) is 5.10 Å². The molecule has 0 unspecified atom stereocenters. The Morgan fingerprint density at radius 2 is 1.79 bits per heavy atom. The summed E-state index contributed by atoms with van der Waals surface area (Å²) in [6.07, 6.45) is 3.56. The highest BCUT2D eigenvalue weighted by molar-refractivity contribution is 6.58. The number of nitrogens with one attached hydrogen (secondary N) is 1. The van der Waals surface area contributed by atoms with Crippen LogP contribution in [0, 0.1) is 11.6 Å². The Bertz CT molecular complexity index is 1690. The largest absolute Gasteiger partial charge is 0.491 e. The standard InChI is InChI=1S/C28H22BF2N3O4/c1-32-28(35)26-20-13-19(15-2-3-15)24(14-25(20)38-27(26)16-4-7-18(30)8-5-16)34-23(10-11-33-34)17-6-9-21(29(36)37)22(31)12-17/h4-15,36-37H,2-3H2,1H3,(H,32,35). The molecular weight excluding hydrogens is 491 g/mol. The Kier molecular flexibility index (Phi) is 5.85. The second-order valence-electron chi connectivity index (χ2n) is 9.31. The number of hydrogen-bond donors (Lipinski definition) is 3. The minimum absolute atomic E-state index is 0.217. The number of halogens is 2. The van der Waals surface area contributed by atoms with E-state index in [4.69, 9.17) is 4.42 Å². The fourth-order valence-corrected chi connectivity index (χ4v) is 4.82. The Hall–Kier alpha value is -4.28. The Labute approximate surface area is 216 Å². The van der Waals surface area contributed by atoms with Gasteiger partial charge in [-0.3, -0.25) is 4.79 Å². The van der Waals surface area contributed by atoms with Crippen LogP contribution in [0.5, 0.6) is 0 Å². The molecular formula is C28H22BF2N3O4. The monoisotopic (exact) mass is 513 g/mol. The number of carbonyl (C=O) groups is 1. The Morgan fingerprint density at radius 3 is 2.45 bits per heavy atom. The zero-order chi connectivity index (χ0) is 26.6. The molecule has 3 aromatic carbocycles. The molecule has 2 aromatic heterocycles. The van der Waals surface area contributed by atoms with E-state index in [1.807, 2.05) is 12.1 Å². The highest BCUT2D eigenvalue weighted by Gasteiger charge is 2.31. The number of aromatic nitrogens is 2. The molecule has 1 saturated carbocycles. The van der Waals surface area contributed by atoms with Crippen LogP contribution in [0.2, 0.25) is 0 Å². The number of furan rings is 1. The molecule has 0 bridgehead atoms. The van der Waals surface area contributed by atoms with Gasteiger partial charge >= 0.3 is 7.12 Å². The lowest BCUT2D eigenvalue weighted by Crippen LogP contribution is -2.32. The Balaban J connectivity index is 1.55. The fourth-order valence-electron chi connectivity index (χ4n) is 4.82. The first kappa shape index (κ1) is 24.1. The molecule has 38 heavy (non-hydrogen) atoms. The number of benzene rings is 3. The molecule has 0 atom stereocenters. The average molecular weight is 513 g/mol. The fraction of sp³-hybridized carbons (Fsp3) is 0.143. The minimum Gasteiger partial charge on any atom is -0.455 e. The molecule has 10 heteroatoms. The van der Waals surface area contributed by atoms with E-state index < -0.39 is 18.8 Å². The number of amides is 1. The van der Waals surface area contributed by atoms with Crippen LogP contribution in [-0.4, -0.2) is 39.9 Å². The van der Waals surface area contributed by atoms with Crippen LogP contribution in [0.25, 0.3) is 39.2 Å². The predicted molar refractivity (Wildman–Crippen MR) is 139 cm³/mol. The molecule has 6 rings (SSSR count). The van der Waals surface area contributed by atoms with Gasteiger partial charge in [0.1, 0.15) is 23.0 Å². The minimum atomic E-state index is -1.92. The van der Waals surface area contributed by atoms with Crippen molar-refractivity contribution < 1.29 is 28.0 Å². The smallest absolute Gasteiger partial charge is 0.455 e. The van der Waals surface area contributed by atoms with E-state index in [-0.39, 0.29) is 17.3 Å². The summed E-state index contributed by atoms with van der Waals surface area (Å²) in [6, 6.07) is 15.4. The molecule has 2 heterocycles. The van der Waals surface area contributed by atoms with Crippen molar-refractivity contribution in [2.45, 2.75) is 18.8 Å². The van der Waals surface area contributed by atoms with E-state index >= 15 is 0 Å². The molecule has 1 fully saturated rings. The first-order valence-electron chi connectivity index (χ1n) is 12.1. The van der Waals surface area contributed by atoms with Crippen LogP contribution in [0.4, 0.5) is 8.78 Å². The van der Waals surface area contributed by atoms with Crippen molar-refractivity contribution in [1.82, 2.24) is 15.1 Å². The van der Waals surface area contributed by atoms with Crippen molar-refractivity contribution in [3.63, 3.8) is 0 Å². The van der Waals surface area contributed by atoms with Gasteiger partial charge in [0.2, 0.25) is 0 Å². The normalized spacial score (nSPS) is 13.2. The molecule has 7 nitrogen and oxygen atoms in total.